The molecule has 49 heavy (non-hydrogen) atoms. The van der Waals surface area contributed by atoms with E-state index in [4.69, 9.17) is 42.4 Å². The second kappa shape index (κ2) is 15.0. The Labute approximate surface area is 296 Å². The highest BCUT2D eigenvalue weighted by molar-refractivity contribution is 6.39. The van der Waals surface area contributed by atoms with Crippen LogP contribution in [-0.2, 0) is 22.6 Å². The molecule has 1 fully saturated rings. The number of hydrogen-bond donors (Lipinski definition) is 1. The lowest BCUT2D eigenvalue weighted by Gasteiger charge is -2.25. The van der Waals surface area contributed by atoms with Gasteiger partial charge >= 0.3 is 12.1 Å². The van der Waals surface area contributed by atoms with Crippen LogP contribution in [0.4, 0.5) is 4.79 Å². The Morgan fingerprint density at radius 2 is 1.69 bits per heavy atom. The highest BCUT2D eigenvalue weighted by Crippen LogP contribution is 2.42. The zero-order chi connectivity index (χ0) is 35.5. The largest absolute Gasteiger partial charge is 0.496 e. The first-order valence-corrected chi connectivity index (χ1v) is 16.6. The van der Waals surface area contributed by atoms with Gasteiger partial charge in [-0.3, -0.25) is 14.7 Å². The summed E-state index contributed by atoms with van der Waals surface area (Å²) in [6.45, 7) is 7.50. The molecule has 10 nitrogen and oxygen atoms in total. The van der Waals surface area contributed by atoms with Gasteiger partial charge in [0, 0.05) is 59.7 Å². The minimum atomic E-state index is -0.759. The summed E-state index contributed by atoms with van der Waals surface area (Å²) in [4.78, 5) is 36.9. The van der Waals surface area contributed by atoms with Crippen molar-refractivity contribution in [3.63, 3.8) is 0 Å². The monoisotopic (exact) mass is 706 g/mol. The van der Waals surface area contributed by atoms with Crippen LogP contribution in [-0.4, -0.2) is 76.9 Å². The highest BCUT2D eigenvalue weighted by Gasteiger charge is 2.28. The van der Waals surface area contributed by atoms with Crippen LogP contribution < -0.4 is 9.47 Å². The first-order valence-electron chi connectivity index (χ1n) is 15.8. The van der Waals surface area contributed by atoms with Gasteiger partial charge in [-0.15, -0.1) is 0 Å². The van der Waals surface area contributed by atoms with Gasteiger partial charge < -0.3 is 24.2 Å². The van der Waals surface area contributed by atoms with Crippen molar-refractivity contribution in [2.75, 3.05) is 34.4 Å². The predicted molar refractivity (Wildman–Crippen MR) is 190 cm³/mol. The molecule has 1 aliphatic rings. The van der Waals surface area contributed by atoms with E-state index in [2.05, 4.69) is 9.88 Å². The number of carboxylic acid groups (broad SMARTS) is 1. The average Bonchev–Trinajstić information content (AvgIpc) is 3.54. The van der Waals surface area contributed by atoms with E-state index >= 15 is 0 Å². The minimum Gasteiger partial charge on any atom is -0.496 e. The van der Waals surface area contributed by atoms with Crippen LogP contribution in [0.2, 0.25) is 10.0 Å². The van der Waals surface area contributed by atoms with E-state index in [1.54, 1.807) is 20.4 Å². The lowest BCUT2D eigenvalue weighted by atomic mass is 9.99. The van der Waals surface area contributed by atoms with E-state index in [0.717, 1.165) is 17.7 Å². The number of benzene rings is 2. The van der Waals surface area contributed by atoms with Crippen molar-refractivity contribution < 1.29 is 28.9 Å². The number of nitrogens with zero attached hydrogens (tertiary/aromatic N) is 4. The predicted octanol–water partition coefficient (Wildman–Crippen LogP) is 8.08. The SMILES string of the molecule is COc1cc(-c2nccc(-c3cccc(-c4ccc(CN(C)C(=O)OC(C)(C)C)c(OC)n4)c3Cl)c2Cl)ccc1CN1CC[C@H](C(=O)O)C1. The molecule has 0 radical (unpaired) electrons. The fourth-order valence-electron chi connectivity index (χ4n) is 5.81. The summed E-state index contributed by atoms with van der Waals surface area (Å²) < 4.78 is 16.8. The van der Waals surface area contributed by atoms with Crippen LogP contribution >= 0.6 is 23.2 Å². The van der Waals surface area contributed by atoms with Crippen molar-refractivity contribution in [2.24, 2.45) is 5.92 Å². The van der Waals surface area contributed by atoms with Crippen LogP contribution in [0.15, 0.2) is 60.8 Å². The lowest BCUT2D eigenvalue weighted by Crippen LogP contribution is -2.33. The zero-order valence-corrected chi connectivity index (χ0v) is 29.9. The number of amides is 1. The third-order valence-electron chi connectivity index (χ3n) is 8.28. The maximum absolute atomic E-state index is 12.5. The molecule has 5 rings (SSSR count). The van der Waals surface area contributed by atoms with Gasteiger partial charge in [-0.05, 0) is 58.0 Å². The quantitative estimate of drug-likeness (QED) is 0.175. The summed E-state index contributed by atoms with van der Waals surface area (Å²) in [5.74, 6) is -0.0794. The van der Waals surface area contributed by atoms with Crippen molar-refractivity contribution in [1.82, 2.24) is 19.8 Å². The van der Waals surface area contributed by atoms with Crippen LogP contribution in [0.3, 0.4) is 0 Å². The highest BCUT2D eigenvalue weighted by atomic mass is 35.5. The maximum Gasteiger partial charge on any atom is 0.410 e. The smallest absolute Gasteiger partial charge is 0.410 e. The normalized spacial score (nSPS) is 14.8. The fraction of sp³-hybridized carbons (Fsp3) is 0.351. The Balaban J connectivity index is 1.41. The molecule has 1 saturated heterocycles. The van der Waals surface area contributed by atoms with Gasteiger partial charge in [-0.2, -0.15) is 0 Å². The number of pyridine rings is 2. The van der Waals surface area contributed by atoms with Crippen LogP contribution in [0, 0.1) is 5.92 Å². The van der Waals surface area contributed by atoms with Crippen molar-refractivity contribution >= 4 is 35.3 Å². The number of carboxylic acids is 1. The number of methoxy groups -OCH3 is 2. The fourth-order valence-corrected chi connectivity index (χ4v) is 6.46. The van der Waals surface area contributed by atoms with E-state index in [1.807, 2.05) is 75.4 Å². The Morgan fingerprint density at radius 1 is 0.980 bits per heavy atom. The third kappa shape index (κ3) is 8.26. The van der Waals surface area contributed by atoms with Gasteiger partial charge in [0.25, 0.3) is 0 Å². The molecule has 4 aromatic rings. The molecule has 0 aliphatic carbocycles. The van der Waals surface area contributed by atoms with Crippen molar-refractivity contribution in [3.8, 4) is 45.3 Å². The van der Waals surface area contributed by atoms with Gasteiger partial charge in [0.2, 0.25) is 5.88 Å². The van der Waals surface area contributed by atoms with Crippen LogP contribution in [0.25, 0.3) is 33.6 Å². The Morgan fingerprint density at radius 3 is 2.37 bits per heavy atom. The van der Waals surface area contributed by atoms with Gasteiger partial charge in [-0.1, -0.05) is 53.5 Å². The molecule has 3 heterocycles. The van der Waals surface area contributed by atoms with E-state index in [9.17, 15) is 14.7 Å². The average molecular weight is 708 g/mol. The molecule has 12 heteroatoms. The first-order chi connectivity index (χ1) is 23.3. The number of ether oxygens (including phenoxy) is 3. The topological polar surface area (TPSA) is 114 Å². The molecule has 1 N–H and O–H groups in total. The first kappa shape index (κ1) is 35.9. The summed E-state index contributed by atoms with van der Waals surface area (Å²) in [7, 11) is 4.80. The number of rotatable bonds is 10. The van der Waals surface area contributed by atoms with Gasteiger partial charge in [0.15, 0.2) is 0 Å². The molecule has 2 aromatic carbocycles. The molecule has 1 atom stereocenters. The van der Waals surface area contributed by atoms with Crippen molar-refractivity contribution in [1.29, 1.82) is 0 Å². The van der Waals surface area contributed by atoms with E-state index in [0.29, 0.717) is 74.8 Å². The molecule has 0 unspecified atom stereocenters. The molecular weight excluding hydrogens is 667 g/mol. The van der Waals surface area contributed by atoms with Crippen LogP contribution in [0.5, 0.6) is 11.6 Å². The summed E-state index contributed by atoms with van der Waals surface area (Å²) in [5.41, 5.74) is 5.04. The number of hydrogen-bond acceptors (Lipinski definition) is 8. The van der Waals surface area contributed by atoms with E-state index in [1.165, 1.54) is 12.0 Å². The van der Waals surface area contributed by atoms with E-state index in [-0.39, 0.29) is 12.5 Å². The lowest BCUT2D eigenvalue weighted by molar-refractivity contribution is -0.141. The molecule has 258 valence electrons. The van der Waals surface area contributed by atoms with Gasteiger partial charge in [0.05, 0.1) is 48.1 Å². The molecular formula is C37H40Cl2N4O6. The molecule has 0 saturated carbocycles. The number of aliphatic carboxylic acids is 1. The molecule has 1 aliphatic heterocycles. The summed E-state index contributed by atoms with van der Waals surface area (Å²) >= 11 is 14.1. The second-order valence-electron chi connectivity index (χ2n) is 13.0. The van der Waals surface area contributed by atoms with Gasteiger partial charge in [0.1, 0.15) is 11.4 Å². The number of likely N-dealkylation sites (tertiary alicyclic amines) is 1. The Hall–Kier alpha value is -4.38. The maximum atomic E-state index is 12.5. The molecule has 0 spiro atoms. The number of aromatic nitrogens is 2. The summed E-state index contributed by atoms with van der Waals surface area (Å²) in [5, 5.41) is 10.3. The summed E-state index contributed by atoms with van der Waals surface area (Å²) in [6, 6.07) is 17.0. The number of carbonyl (C=O) groups is 2. The second-order valence-corrected chi connectivity index (χ2v) is 13.7. The molecule has 1 amide bonds. The zero-order valence-electron chi connectivity index (χ0n) is 28.4. The van der Waals surface area contributed by atoms with Crippen molar-refractivity contribution in [3.05, 3.63) is 82.0 Å². The molecule has 2 aromatic heterocycles. The Bertz CT molecular complexity index is 1860. The Kier molecular flexibility index (Phi) is 11.0. The third-order valence-corrected chi connectivity index (χ3v) is 9.07. The van der Waals surface area contributed by atoms with Crippen LogP contribution in [0.1, 0.15) is 38.3 Å². The van der Waals surface area contributed by atoms with Gasteiger partial charge in [-0.25, -0.2) is 9.78 Å². The standard InChI is InChI=1S/C37H40Cl2N4O6/c1-37(2,3)49-36(46)42(4)19-24-12-13-29(41-34(24)48-6)28-9-7-8-26(31(28)38)27-14-16-40-33(32(27)39)22-10-11-23(30(18-22)47-5)20-43-17-15-25(21-43)35(44)45/h7-14,16,18,25H,15,17,19-21H2,1-6H3,(H,44,45)/t25-/m0/s1. The minimum absolute atomic E-state index is 0.240. The number of halogens is 2. The van der Waals surface area contributed by atoms with Crippen molar-refractivity contribution in [2.45, 2.75) is 45.9 Å². The molecule has 0 bridgehead atoms. The number of carbonyl (C=O) groups excluding carboxylic acids is 1. The summed E-state index contributed by atoms with van der Waals surface area (Å²) in [6.07, 6.45) is 1.87. The van der Waals surface area contributed by atoms with E-state index < -0.39 is 17.7 Å².